The number of benzene rings is 1. The molecule has 0 bridgehead atoms. The van der Waals surface area contributed by atoms with Crippen LogP contribution in [0.4, 0.5) is 5.82 Å². The summed E-state index contributed by atoms with van der Waals surface area (Å²) in [6.45, 7) is 4.68. The van der Waals surface area contributed by atoms with Gasteiger partial charge >= 0.3 is 11.9 Å². The number of carbonyl (C=O) groups excluding carboxylic acids is 3. The fraction of sp³-hybridized carbons (Fsp3) is 0.286. The van der Waals surface area contributed by atoms with E-state index >= 15 is 0 Å². The molecule has 3 rings (SSSR count). The number of ether oxygens (including phenoxy) is 2. The number of furan rings is 1. The first-order valence-electron chi connectivity index (χ1n) is 9.57. The van der Waals surface area contributed by atoms with Crippen molar-refractivity contribution in [3.8, 4) is 0 Å². The molecule has 0 fully saturated rings. The van der Waals surface area contributed by atoms with Gasteiger partial charge in [0.2, 0.25) is 5.71 Å². The zero-order valence-electron chi connectivity index (χ0n) is 17.3. The second-order valence-electron chi connectivity index (χ2n) is 6.63. The van der Waals surface area contributed by atoms with Crippen molar-refractivity contribution in [2.24, 2.45) is 0 Å². The van der Waals surface area contributed by atoms with Crippen LogP contribution in [0, 0.1) is 6.92 Å². The van der Waals surface area contributed by atoms with Gasteiger partial charge in [-0.25, -0.2) is 14.6 Å². The number of esters is 2. The van der Waals surface area contributed by atoms with Crippen molar-refractivity contribution in [1.82, 2.24) is 15.3 Å². The minimum absolute atomic E-state index is 0.00128. The quantitative estimate of drug-likeness (QED) is 0.542. The largest absolute Gasteiger partial charge is 0.462 e. The average molecular weight is 426 g/mol. The standard InChI is InChI=1S/C21H22N4O6/c1-4-29-21(28)15-12(3)31-19-16(15)17(22)24-14(25-19)10-30-20(27)11(2)23-18(26)13-8-6-5-7-9-13/h5-9,11H,4,10H2,1-3H3,(H,23,26)(H2,22,24,25)/t11-/m0/s1. The van der Waals surface area contributed by atoms with E-state index in [0.717, 1.165) is 0 Å². The highest BCUT2D eigenvalue weighted by molar-refractivity contribution is 6.07. The number of nitrogen functional groups attached to an aromatic ring is 1. The lowest BCUT2D eigenvalue weighted by Gasteiger charge is -2.13. The molecule has 3 N–H and O–H groups in total. The van der Waals surface area contributed by atoms with Gasteiger partial charge in [0, 0.05) is 5.56 Å². The van der Waals surface area contributed by atoms with Gasteiger partial charge in [0.25, 0.3) is 5.91 Å². The fourth-order valence-corrected chi connectivity index (χ4v) is 2.89. The van der Waals surface area contributed by atoms with Gasteiger partial charge in [-0.15, -0.1) is 0 Å². The Morgan fingerprint density at radius 2 is 1.87 bits per heavy atom. The third-order valence-corrected chi connectivity index (χ3v) is 4.36. The van der Waals surface area contributed by atoms with E-state index in [1.807, 2.05) is 0 Å². The molecule has 10 heteroatoms. The van der Waals surface area contributed by atoms with Crippen molar-refractivity contribution < 1.29 is 28.3 Å². The van der Waals surface area contributed by atoms with E-state index in [1.165, 1.54) is 6.92 Å². The van der Waals surface area contributed by atoms with Crippen LogP contribution >= 0.6 is 0 Å². The molecule has 0 aliphatic heterocycles. The van der Waals surface area contributed by atoms with E-state index in [1.54, 1.807) is 44.2 Å². The maximum absolute atomic E-state index is 12.2. The predicted octanol–water partition coefficient (Wildman–Crippen LogP) is 2.15. The average Bonchev–Trinajstić information content (AvgIpc) is 3.09. The van der Waals surface area contributed by atoms with Gasteiger partial charge in [0.15, 0.2) is 12.4 Å². The molecule has 0 aliphatic rings. The highest BCUT2D eigenvalue weighted by Gasteiger charge is 2.24. The first-order chi connectivity index (χ1) is 14.8. The molecule has 2 heterocycles. The van der Waals surface area contributed by atoms with Crippen molar-refractivity contribution in [3.63, 3.8) is 0 Å². The van der Waals surface area contributed by atoms with E-state index in [9.17, 15) is 14.4 Å². The van der Waals surface area contributed by atoms with Crippen LogP contribution in [0.1, 0.15) is 46.1 Å². The zero-order valence-corrected chi connectivity index (χ0v) is 17.3. The van der Waals surface area contributed by atoms with Crippen LogP contribution in [0.3, 0.4) is 0 Å². The molecule has 2 aromatic heterocycles. The van der Waals surface area contributed by atoms with Gasteiger partial charge in [-0.1, -0.05) is 18.2 Å². The van der Waals surface area contributed by atoms with Crippen LogP contribution in [-0.2, 0) is 20.9 Å². The van der Waals surface area contributed by atoms with E-state index in [0.29, 0.717) is 11.3 Å². The summed E-state index contributed by atoms with van der Waals surface area (Å²) in [5.74, 6) is -1.28. The molecule has 0 radical (unpaired) electrons. The molecule has 0 saturated heterocycles. The number of hydrogen-bond acceptors (Lipinski definition) is 9. The van der Waals surface area contributed by atoms with Crippen LogP contribution in [0.15, 0.2) is 34.7 Å². The van der Waals surface area contributed by atoms with Crippen molar-refractivity contribution in [3.05, 3.63) is 53.0 Å². The highest BCUT2D eigenvalue weighted by Crippen LogP contribution is 2.29. The second kappa shape index (κ2) is 9.24. The molecule has 10 nitrogen and oxygen atoms in total. The highest BCUT2D eigenvalue weighted by atomic mass is 16.5. The van der Waals surface area contributed by atoms with Gasteiger partial charge in [-0.2, -0.15) is 4.98 Å². The summed E-state index contributed by atoms with van der Waals surface area (Å²) < 4.78 is 15.7. The third-order valence-electron chi connectivity index (χ3n) is 4.36. The Labute approximate surface area is 177 Å². The Hall–Kier alpha value is -3.95. The molecular weight excluding hydrogens is 404 g/mol. The van der Waals surface area contributed by atoms with E-state index in [4.69, 9.17) is 19.6 Å². The number of anilines is 1. The monoisotopic (exact) mass is 426 g/mol. The first-order valence-corrected chi connectivity index (χ1v) is 9.57. The Bertz CT molecular complexity index is 1130. The maximum Gasteiger partial charge on any atom is 0.342 e. The van der Waals surface area contributed by atoms with Crippen molar-refractivity contribution in [1.29, 1.82) is 0 Å². The fourth-order valence-electron chi connectivity index (χ4n) is 2.89. The maximum atomic E-state index is 12.2. The number of fused-ring (bicyclic) bond motifs is 1. The molecule has 1 aromatic carbocycles. The second-order valence-corrected chi connectivity index (χ2v) is 6.63. The Balaban J connectivity index is 1.68. The molecule has 0 saturated carbocycles. The number of hydrogen-bond donors (Lipinski definition) is 2. The number of nitrogens with one attached hydrogen (secondary N) is 1. The van der Waals surface area contributed by atoms with Crippen LogP contribution < -0.4 is 11.1 Å². The summed E-state index contributed by atoms with van der Waals surface area (Å²) >= 11 is 0. The van der Waals surface area contributed by atoms with Crippen LogP contribution in [0.2, 0.25) is 0 Å². The molecule has 0 unspecified atom stereocenters. The number of nitrogens with zero attached hydrogens (tertiary/aromatic N) is 2. The molecular formula is C21H22N4O6. The van der Waals surface area contributed by atoms with Crippen molar-refractivity contribution >= 4 is 34.8 Å². The Morgan fingerprint density at radius 1 is 1.16 bits per heavy atom. The number of aryl methyl sites for hydroxylation is 1. The number of nitrogens with two attached hydrogens (primary N) is 1. The SMILES string of the molecule is CCOC(=O)c1c(C)oc2nc(COC(=O)[C@H](C)NC(=O)c3ccccc3)nc(N)c12. The molecule has 0 aliphatic carbocycles. The van der Waals surface area contributed by atoms with Gasteiger partial charge in [0.05, 0.1) is 12.0 Å². The van der Waals surface area contributed by atoms with Gasteiger partial charge in [-0.3, -0.25) is 4.79 Å². The lowest BCUT2D eigenvalue weighted by Crippen LogP contribution is -2.39. The van der Waals surface area contributed by atoms with Crippen molar-refractivity contribution in [2.75, 3.05) is 12.3 Å². The number of rotatable bonds is 7. The molecule has 31 heavy (non-hydrogen) atoms. The Kier molecular flexibility index (Phi) is 6.49. The molecule has 162 valence electrons. The summed E-state index contributed by atoms with van der Waals surface area (Å²) in [5, 5.41) is 2.80. The summed E-state index contributed by atoms with van der Waals surface area (Å²) in [7, 11) is 0. The minimum Gasteiger partial charge on any atom is -0.462 e. The molecule has 1 atom stereocenters. The summed E-state index contributed by atoms with van der Waals surface area (Å²) in [6.07, 6.45) is 0. The van der Waals surface area contributed by atoms with Crippen LogP contribution in [0.25, 0.3) is 11.1 Å². The molecule has 3 aromatic rings. The minimum atomic E-state index is -0.893. The number of amides is 1. The van der Waals surface area contributed by atoms with E-state index in [-0.39, 0.29) is 41.5 Å². The van der Waals surface area contributed by atoms with Gasteiger partial charge in [-0.05, 0) is 32.9 Å². The predicted molar refractivity (Wildman–Crippen MR) is 110 cm³/mol. The summed E-state index contributed by atoms with van der Waals surface area (Å²) in [6, 6.07) is 7.60. The van der Waals surface area contributed by atoms with Gasteiger partial charge in [0.1, 0.15) is 23.2 Å². The Morgan fingerprint density at radius 3 is 2.55 bits per heavy atom. The summed E-state index contributed by atoms with van der Waals surface area (Å²) in [5.41, 5.74) is 6.66. The third kappa shape index (κ3) is 4.80. The molecule has 0 spiro atoms. The zero-order chi connectivity index (χ0) is 22.5. The lowest BCUT2D eigenvalue weighted by atomic mass is 10.2. The summed E-state index contributed by atoms with van der Waals surface area (Å²) in [4.78, 5) is 44.8. The van der Waals surface area contributed by atoms with Gasteiger partial charge < -0.3 is 24.9 Å². The van der Waals surface area contributed by atoms with E-state index < -0.39 is 23.9 Å². The van der Waals surface area contributed by atoms with Crippen molar-refractivity contribution in [2.45, 2.75) is 33.4 Å². The van der Waals surface area contributed by atoms with E-state index in [2.05, 4.69) is 15.3 Å². The normalized spacial score (nSPS) is 11.7. The number of aromatic nitrogens is 2. The number of carbonyl (C=O) groups is 3. The van der Waals surface area contributed by atoms with Crippen LogP contribution in [-0.4, -0.2) is 40.5 Å². The smallest absolute Gasteiger partial charge is 0.342 e. The van der Waals surface area contributed by atoms with Crippen LogP contribution in [0.5, 0.6) is 0 Å². The first kappa shape index (κ1) is 21.8. The topological polar surface area (TPSA) is 147 Å². The molecule has 1 amide bonds. The lowest BCUT2D eigenvalue weighted by molar-refractivity contribution is -0.147.